The number of hydrogen-bond donors (Lipinski definition) is 1. The van der Waals surface area contributed by atoms with Crippen molar-refractivity contribution in [3.05, 3.63) is 29.8 Å². The topological polar surface area (TPSA) is 57.6 Å². The van der Waals surface area contributed by atoms with E-state index >= 15 is 0 Å². The highest BCUT2D eigenvalue weighted by Gasteiger charge is 2.50. The van der Waals surface area contributed by atoms with E-state index in [0.29, 0.717) is 12.2 Å². The van der Waals surface area contributed by atoms with Gasteiger partial charge in [-0.25, -0.2) is 0 Å². The van der Waals surface area contributed by atoms with E-state index in [1.807, 2.05) is 36.1 Å². The number of benzene rings is 1. The smallest absolute Gasteiger partial charge is 0.308 e. The summed E-state index contributed by atoms with van der Waals surface area (Å²) in [5, 5.41) is 9.24. The van der Waals surface area contributed by atoms with Gasteiger partial charge in [0.15, 0.2) is 0 Å². The first-order valence-corrected chi connectivity index (χ1v) is 8.29. The monoisotopic (exact) mass is 305 g/mol. The predicted molar refractivity (Wildman–Crippen MR) is 81.3 cm³/mol. The fourth-order valence-corrected chi connectivity index (χ4v) is 4.47. The van der Waals surface area contributed by atoms with Gasteiger partial charge in [0.1, 0.15) is 0 Å². The number of nitrogens with zero attached hydrogens (tertiary/aromatic N) is 1. The van der Waals surface area contributed by atoms with Crippen LogP contribution >= 0.6 is 11.8 Å². The SMILES string of the molecule is Cc1ccccc1SCC(=O)N1C2CCC1C(C(=O)O)C2. The number of rotatable bonds is 4. The zero-order valence-corrected chi connectivity index (χ0v) is 12.8. The van der Waals surface area contributed by atoms with Gasteiger partial charge in [-0.2, -0.15) is 0 Å². The zero-order valence-electron chi connectivity index (χ0n) is 12.0. The summed E-state index contributed by atoms with van der Waals surface area (Å²) in [7, 11) is 0. The summed E-state index contributed by atoms with van der Waals surface area (Å²) < 4.78 is 0. The average molecular weight is 305 g/mol. The van der Waals surface area contributed by atoms with Crippen molar-refractivity contribution in [1.29, 1.82) is 0 Å². The lowest BCUT2D eigenvalue weighted by Crippen LogP contribution is -2.38. The van der Waals surface area contributed by atoms with Crippen molar-refractivity contribution in [3.8, 4) is 0 Å². The molecule has 112 valence electrons. The lowest BCUT2D eigenvalue weighted by Gasteiger charge is -2.23. The van der Waals surface area contributed by atoms with E-state index in [0.717, 1.165) is 17.7 Å². The molecule has 4 nitrogen and oxygen atoms in total. The second-order valence-electron chi connectivity index (χ2n) is 5.83. The van der Waals surface area contributed by atoms with Crippen molar-refractivity contribution in [2.75, 3.05) is 5.75 Å². The first-order chi connectivity index (χ1) is 10.1. The van der Waals surface area contributed by atoms with Crippen LogP contribution < -0.4 is 0 Å². The summed E-state index contributed by atoms with van der Waals surface area (Å²) in [6, 6.07) is 8.07. The van der Waals surface area contributed by atoms with Crippen molar-refractivity contribution in [2.24, 2.45) is 5.92 Å². The number of aliphatic carboxylic acids is 1. The van der Waals surface area contributed by atoms with Crippen LogP contribution in [0, 0.1) is 12.8 Å². The van der Waals surface area contributed by atoms with Crippen LogP contribution in [0.15, 0.2) is 29.2 Å². The molecule has 2 aliphatic rings. The fraction of sp³-hybridized carbons (Fsp3) is 0.500. The maximum Gasteiger partial charge on any atom is 0.308 e. The molecule has 2 saturated heterocycles. The summed E-state index contributed by atoms with van der Waals surface area (Å²) in [5.74, 6) is -0.647. The molecule has 0 aliphatic carbocycles. The zero-order chi connectivity index (χ0) is 15.0. The Morgan fingerprint density at radius 1 is 1.33 bits per heavy atom. The lowest BCUT2D eigenvalue weighted by atomic mass is 9.89. The minimum atomic E-state index is -0.758. The van der Waals surface area contributed by atoms with E-state index in [1.165, 1.54) is 5.56 Å². The third-order valence-corrected chi connectivity index (χ3v) is 5.75. The van der Waals surface area contributed by atoms with Crippen LogP contribution in [-0.2, 0) is 9.59 Å². The molecule has 21 heavy (non-hydrogen) atoms. The van der Waals surface area contributed by atoms with Crippen LogP contribution in [0.25, 0.3) is 0 Å². The molecule has 2 fully saturated rings. The fourth-order valence-electron chi connectivity index (χ4n) is 3.58. The molecule has 5 heteroatoms. The Bertz CT molecular complexity index is 574. The van der Waals surface area contributed by atoms with Crippen LogP contribution in [-0.4, -0.2) is 39.7 Å². The third-order valence-electron chi connectivity index (χ3n) is 4.59. The molecule has 2 aliphatic heterocycles. The number of carboxylic acids is 1. The molecule has 1 aromatic carbocycles. The van der Waals surface area contributed by atoms with E-state index in [9.17, 15) is 14.7 Å². The highest BCUT2D eigenvalue weighted by Crippen LogP contribution is 2.42. The first kappa shape index (κ1) is 14.4. The molecule has 0 spiro atoms. The molecule has 0 saturated carbocycles. The molecular weight excluding hydrogens is 286 g/mol. The van der Waals surface area contributed by atoms with Crippen molar-refractivity contribution < 1.29 is 14.7 Å². The van der Waals surface area contributed by atoms with Crippen LogP contribution in [0.1, 0.15) is 24.8 Å². The van der Waals surface area contributed by atoms with Crippen molar-refractivity contribution >= 4 is 23.6 Å². The standard InChI is InChI=1S/C16H19NO3S/c1-10-4-2-3-5-14(10)21-9-15(18)17-11-6-7-13(17)12(8-11)16(19)20/h2-5,11-13H,6-9H2,1H3,(H,19,20). The molecule has 1 aromatic rings. The second-order valence-corrected chi connectivity index (χ2v) is 6.85. The van der Waals surface area contributed by atoms with Crippen LogP contribution in [0.3, 0.4) is 0 Å². The summed E-state index contributed by atoms with van der Waals surface area (Å²) in [6.45, 7) is 2.03. The lowest BCUT2D eigenvalue weighted by molar-refractivity contribution is -0.143. The van der Waals surface area contributed by atoms with Gasteiger partial charge < -0.3 is 10.0 Å². The van der Waals surface area contributed by atoms with Gasteiger partial charge in [-0.15, -0.1) is 11.8 Å². The summed E-state index contributed by atoms with van der Waals surface area (Å²) in [5.41, 5.74) is 1.17. The first-order valence-electron chi connectivity index (χ1n) is 7.30. The molecule has 0 radical (unpaired) electrons. The molecule has 3 unspecified atom stereocenters. The molecule has 2 bridgehead atoms. The van der Waals surface area contributed by atoms with Gasteiger partial charge in [-0.3, -0.25) is 9.59 Å². The summed E-state index contributed by atoms with van der Waals surface area (Å²) in [4.78, 5) is 26.7. The van der Waals surface area contributed by atoms with Gasteiger partial charge in [0.2, 0.25) is 5.91 Å². The Kier molecular flexibility index (Phi) is 3.93. The Balaban J connectivity index is 1.64. The normalized spacial score (nSPS) is 27.1. The number of aryl methyl sites for hydroxylation is 1. The number of carboxylic acid groups (broad SMARTS) is 1. The second kappa shape index (κ2) is 5.72. The Morgan fingerprint density at radius 2 is 2.10 bits per heavy atom. The quantitative estimate of drug-likeness (QED) is 0.869. The summed E-state index contributed by atoms with van der Waals surface area (Å²) >= 11 is 1.54. The highest BCUT2D eigenvalue weighted by atomic mass is 32.2. The van der Waals surface area contributed by atoms with E-state index in [4.69, 9.17) is 0 Å². The van der Waals surface area contributed by atoms with Gasteiger partial charge in [-0.1, -0.05) is 18.2 Å². The molecule has 0 aromatic heterocycles. The maximum absolute atomic E-state index is 12.5. The summed E-state index contributed by atoms with van der Waals surface area (Å²) in [6.07, 6.45) is 2.42. The van der Waals surface area contributed by atoms with Crippen molar-refractivity contribution in [2.45, 2.75) is 43.2 Å². The van der Waals surface area contributed by atoms with Crippen LogP contribution in [0.5, 0.6) is 0 Å². The molecule has 1 N–H and O–H groups in total. The number of hydrogen-bond acceptors (Lipinski definition) is 3. The van der Waals surface area contributed by atoms with Gasteiger partial charge in [0.25, 0.3) is 0 Å². The van der Waals surface area contributed by atoms with Crippen molar-refractivity contribution in [1.82, 2.24) is 4.90 Å². The Hall–Kier alpha value is -1.49. The number of carbonyl (C=O) groups excluding carboxylic acids is 1. The predicted octanol–water partition coefficient (Wildman–Crippen LogP) is 2.55. The number of fused-ring (bicyclic) bond motifs is 2. The Labute approximate surface area is 128 Å². The van der Waals surface area contributed by atoms with Crippen LogP contribution in [0.2, 0.25) is 0 Å². The van der Waals surface area contributed by atoms with Gasteiger partial charge in [0.05, 0.1) is 11.7 Å². The van der Waals surface area contributed by atoms with E-state index in [1.54, 1.807) is 11.8 Å². The molecule has 3 atom stereocenters. The van der Waals surface area contributed by atoms with E-state index < -0.39 is 5.97 Å². The van der Waals surface area contributed by atoms with Crippen LogP contribution in [0.4, 0.5) is 0 Å². The minimum absolute atomic E-state index is 0.0829. The number of carbonyl (C=O) groups is 2. The molecule has 3 rings (SSSR count). The molecule has 2 heterocycles. The number of amides is 1. The van der Waals surface area contributed by atoms with Gasteiger partial charge in [-0.05, 0) is 37.8 Å². The van der Waals surface area contributed by atoms with Crippen molar-refractivity contribution in [3.63, 3.8) is 0 Å². The Morgan fingerprint density at radius 3 is 2.76 bits per heavy atom. The van der Waals surface area contributed by atoms with E-state index in [2.05, 4.69) is 0 Å². The number of thioether (sulfide) groups is 1. The largest absolute Gasteiger partial charge is 0.481 e. The minimum Gasteiger partial charge on any atom is -0.481 e. The van der Waals surface area contributed by atoms with Gasteiger partial charge in [0, 0.05) is 17.0 Å². The highest BCUT2D eigenvalue weighted by molar-refractivity contribution is 8.00. The van der Waals surface area contributed by atoms with E-state index in [-0.39, 0.29) is 23.9 Å². The maximum atomic E-state index is 12.5. The third kappa shape index (κ3) is 2.67. The average Bonchev–Trinajstić information content (AvgIpc) is 3.04. The molecule has 1 amide bonds. The molecular formula is C16H19NO3S. The van der Waals surface area contributed by atoms with Gasteiger partial charge >= 0.3 is 5.97 Å².